The number of likely N-dealkylation sites (N-methyl/N-ethyl adjacent to an activating group) is 1. The van der Waals surface area contributed by atoms with Gasteiger partial charge in [-0.15, -0.1) is 0 Å². The molecular weight excluding hydrogens is 280 g/mol. The standard InChI is InChI=1S/C17H24N2O3/c1-19(13-7-3-2-4-8-13)12-11-18-16(20)14-9-5-6-10-15(14)17(21)22/h2-4,7-8,14-15H,5-6,9-12H2,1H3,(H,18,20)(H,21,22)/t14-,15-/m0/s1. The summed E-state index contributed by atoms with van der Waals surface area (Å²) < 4.78 is 0. The highest BCUT2D eigenvalue weighted by Gasteiger charge is 2.35. The van der Waals surface area contributed by atoms with Gasteiger partial charge in [-0.3, -0.25) is 9.59 Å². The summed E-state index contributed by atoms with van der Waals surface area (Å²) in [4.78, 5) is 25.6. The van der Waals surface area contributed by atoms with Crippen LogP contribution in [0.1, 0.15) is 25.7 Å². The number of amides is 1. The van der Waals surface area contributed by atoms with E-state index in [1.54, 1.807) is 0 Å². The molecule has 1 aromatic rings. The third kappa shape index (κ3) is 4.23. The second-order valence-corrected chi connectivity index (χ2v) is 5.88. The molecule has 0 heterocycles. The molecule has 120 valence electrons. The van der Waals surface area contributed by atoms with Gasteiger partial charge in [0.2, 0.25) is 5.91 Å². The molecule has 22 heavy (non-hydrogen) atoms. The summed E-state index contributed by atoms with van der Waals surface area (Å²) in [5.74, 6) is -1.87. The maximum Gasteiger partial charge on any atom is 0.307 e. The monoisotopic (exact) mass is 304 g/mol. The van der Waals surface area contributed by atoms with Crippen molar-refractivity contribution in [1.29, 1.82) is 0 Å². The van der Waals surface area contributed by atoms with Gasteiger partial charge >= 0.3 is 5.97 Å². The Morgan fingerprint density at radius 2 is 1.82 bits per heavy atom. The van der Waals surface area contributed by atoms with Crippen LogP contribution < -0.4 is 10.2 Å². The fourth-order valence-electron chi connectivity index (χ4n) is 3.03. The number of benzene rings is 1. The maximum absolute atomic E-state index is 12.2. The first-order valence-corrected chi connectivity index (χ1v) is 7.86. The van der Waals surface area contributed by atoms with Crippen molar-refractivity contribution in [1.82, 2.24) is 5.32 Å². The smallest absolute Gasteiger partial charge is 0.307 e. The highest BCUT2D eigenvalue weighted by molar-refractivity contribution is 5.84. The molecule has 2 atom stereocenters. The lowest BCUT2D eigenvalue weighted by Crippen LogP contribution is -2.42. The predicted molar refractivity (Wildman–Crippen MR) is 85.8 cm³/mol. The summed E-state index contributed by atoms with van der Waals surface area (Å²) in [7, 11) is 1.97. The fourth-order valence-corrected chi connectivity index (χ4v) is 3.03. The maximum atomic E-state index is 12.2. The molecule has 1 saturated carbocycles. The zero-order chi connectivity index (χ0) is 15.9. The topological polar surface area (TPSA) is 69.6 Å². The van der Waals surface area contributed by atoms with E-state index >= 15 is 0 Å². The number of carboxylic acid groups (broad SMARTS) is 1. The van der Waals surface area contributed by atoms with E-state index in [9.17, 15) is 14.7 Å². The first-order chi connectivity index (χ1) is 10.6. The lowest BCUT2D eigenvalue weighted by molar-refractivity contribution is -0.148. The van der Waals surface area contributed by atoms with Gasteiger partial charge in [0.05, 0.1) is 11.8 Å². The van der Waals surface area contributed by atoms with E-state index in [4.69, 9.17) is 0 Å². The Bertz CT molecular complexity index is 504. The molecule has 0 saturated heterocycles. The van der Waals surface area contributed by atoms with Crippen LogP contribution in [0.15, 0.2) is 30.3 Å². The molecule has 2 rings (SSSR count). The van der Waals surface area contributed by atoms with Gasteiger partial charge in [-0.1, -0.05) is 31.0 Å². The van der Waals surface area contributed by atoms with E-state index in [1.807, 2.05) is 37.4 Å². The van der Waals surface area contributed by atoms with E-state index in [2.05, 4.69) is 10.2 Å². The fraction of sp³-hybridized carbons (Fsp3) is 0.529. The molecular formula is C17H24N2O3. The van der Waals surface area contributed by atoms with Crippen LogP contribution in [0.3, 0.4) is 0 Å². The molecule has 0 aromatic heterocycles. The van der Waals surface area contributed by atoms with E-state index in [-0.39, 0.29) is 11.8 Å². The number of nitrogens with zero attached hydrogens (tertiary/aromatic N) is 1. The Morgan fingerprint density at radius 1 is 1.18 bits per heavy atom. The van der Waals surface area contributed by atoms with Crippen molar-refractivity contribution in [3.63, 3.8) is 0 Å². The van der Waals surface area contributed by atoms with Crippen LogP contribution in [-0.4, -0.2) is 37.1 Å². The Kier molecular flexibility index (Phi) is 5.81. The second-order valence-electron chi connectivity index (χ2n) is 5.88. The summed E-state index contributed by atoms with van der Waals surface area (Å²) in [6, 6.07) is 9.95. The molecule has 0 aliphatic heterocycles. The van der Waals surface area contributed by atoms with Crippen molar-refractivity contribution in [3.05, 3.63) is 30.3 Å². The zero-order valence-electron chi connectivity index (χ0n) is 13.0. The van der Waals surface area contributed by atoms with Crippen LogP contribution in [0.4, 0.5) is 5.69 Å². The number of carboxylic acids is 1. The highest BCUT2D eigenvalue weighted by Crippen LogP contribution is 2.30. The molecule has 1 amide bonds. The molecule has 1 fully saturated rings. The SMILES string of the molecule is CN(CCNC(=O)[C@H]1CCCC[C@@H]1C(=O)O)c1ccccc1. The molecule has 1 aliphatic carbocycles. The van der Waals surface area contributed by atoms with Gasteiger partial charge in [0, 0.05) is 25.8 Å². The first kappa shape index (κ1) is 16.3. The lowest BCUT2D eigenvalue weighted by atomic mass is 9.79. The minimum absolute atomic E-state index is 0.117. The van der Waals surface area contributed by atoms with E-state index in [1.165, 1.54) is 0 Å². The number of carbonyl (C=O) groups is 2. The third-order valence-electron chi connectivity index (χ3n) is 4.36. The summed E-state index contributed by atoms with van der Waals surface area (Å²) in [5, 5.41) is 12.1. The van der Waals surface area contributed by atoms with Gasteiger partial charge in [0.1, 0.15) is 0 Å². The minimum atomic E-state index is -0.846. The van der Waals surface area contributed by atoms with Gasteiger partial charge < -0.3 is 15.3 Å². The van der Waals surface area contributed by atoms with Crippen molar-refractivity contribution >= 4 is 17.6 Å². The molecule has 0 radical (unpaired) electrons. The van der Waals surface area contributed by atoms with Gasteiger partial charge in [0.15, 0.2) is 0 Å². The van der Waals surface area contributed by atoms with Gasteiger partial charge in [-0.2, -0.15) is 0 Å². The van der Waals surface area contributed by atoms with Crippen LogP contribution in [0.5, 0.6) is 0 Å². The van der Waals surface area contributed by atoms with Crippen molar-refractivity contribution in [2.24, 2.45) is 11.8 Å². The average molecular weight is 304 g/mol. The molecule has 5 heteroatoms. The number of para-hydroxylation sites is 1. The number of aliphatic carboxylic acids is 1. The Morgan fingerprint density at radius 3 is 2.45 bits per heavy atom. The molecule has 0 unspecified atom stereocenters. The Labute approximate surface area is 131 Å². The van der Waals surface area contributed by atoms with Crippen molar-refractivity contribution in [2.75, 3.05) is 25.0 Å². The normalized spacial score (nSPS) is 21.1. The van der Waals surface area contributed by atoms with Gasteiger partial charge in [-0.25, -0.2) is 0 Å². The number of nitrogens with one attached hydrogen (secondary N) is 1. The summed E-state index contributed by atoms with van der Waals surface area (Å²) >= 11 is 0. The van der Waals surface area contributed by atoms with Crippen LogP contribution in [0, 0.1) is 11.8 Å². The van der Waals surface area contributed by atoms with Crippen LogP contribution in [-0.2, 0) is 9.59 Å². The lowest BCUT2D eigenvalue weighted by Gasteiger charge is -2.28. The third-order valence-corrected chi connectivity index (χ3v) is 4.36. The molecule has 2 N–H and O–H groups in total. The van der Waals surface area contributed by atoms with Crippen molar-refractivity contribution < 1.29 is 14.7 Å². The average Bonchev–Trinajstić information content (AvgIpc) is 2.55. The van der Waals surface area contributed by atoms with Gasteiger partial charge in [-0.05, 0) is 25.0 Å². The largest absolute Gasteiger partial charge is 0.481 e. The summed E-state index contributed by atoms with van der Waals surface area (Å²) in [5.41, 5.74) is 1.10. The van der Waals surface area contributed by atoms with Crippen LogP contribution in [0.2, 0.25) is 0 Å². The highest BCUT2D eigenvalue weighted by atomic mass is 16.4. The van der Waals surface area contributed by atoms with E-state index in [0.717, 1.165) is 18.5 Å². The Hall–Kier alpha value is -2.04. The molecule has 5 nitrogen and oxygen atoms in total. The first-order valence-electron chi connectivity index (χ1n) is 7.86. The Balaban J connectivity index is 1.81. The molecule has 0 spiro atoms. The summed E-state index contributed by atoms with van der Waals surface area (Å²) in [6.07, 6.45) is 3.12. The molecule has 1 aliphatic rings. The number of hydrogen-bond donors (Lipinski definition) is 2. The summed E-state index contributed by atoms with van der Waals surface area (Å²) in [6.45, 7) is 1.22. The van der Waals surface area contributed by atoms with Crippen LogP contribution >= 0.6 is 0 Å². The number of rotatable bonds is 6. The number of carbonyl (C=O) groups excluding carboxylic acids is 1. The second kappa shape index (κ2) is 7.82. The van der Waals surface area contributed by atoms with Crippen molar-refractivity contribution in [2.45, 2.75) is 25.7 Å². The number of hydrogen-bond acceptors (Lipinski definition) is 3. The predicted octanol–water partition coefficient (Wildman–Crippen LogP) is 2.13. The molecule has 0 bridgehead atoms. The molecule has 1 aromatic carbocycles. The van der Waals surface area contributed by atoms with E-state index in [0.29, 0.717) is 25.9 Å². The quantitative estimate of drug-likeness (QED) is 0.844. The minimum Gasteiger partial charge on any atom is -0.481 e. The number of anilines is 1. The zero-order valence-corrected chi connectivity index (χ0v) is 13.0. The van der Waals surface area contributed by atoms with Gasteiger partial charge in [0.25, 0.3) is 0 Å². The van der Waals surface area contributed by atoms with E-state index < -0.39 is 11.9 Å². The van der Waals surface area contributed by atoms with Crippen molar-refractivity contribution in [3.8, 4) is 0 Å². The van der Waals surface area contributed by atoms with Crippen LogP contribution in [0.25, 0.3) is 0 Å².